The maximum atomic E-state index is 13.0. The van der Waals surface area contributed by atoms with Crippen LogP contribution in [0.3, 0.4) is 0 Å². The summed E-state index contributed by atoms with van der Waals surface area (Å²) in [5.41, 5.74) is 1.20. The highest BCUT2D eigenvalue weighted by Gasteiger charge is 2.26. The molecule has 7 nitrogen and oxygen atoms in total. The van der Waals surface area contributed by atoms with E-state index in [1.807, 2.05) is 11.8 Å². The summed E-state index contributed by atoms with van der Waals surface area (Å²) in [6, 6.07) is 8.62. The number of piperazine rings is 1. The van der Waals surface area contributed by atoms with Crippen molar-refractivity contribution in [2.24, 2.45) is 0 Å². The van der Waals surface area contributed by atoms with E-state index in [4.69, 9.17) is 11.6 Å². The molecular weight excluding hydrogens is 436 g/mol. The largest absolute Gasteiger partial charge is 0.352 e. The Morgan fingerprint density at radius 3 is 2.58 bits per heavy atom. The number of carbonyl (C=O) groups is 3. The first kappa shape index (κ1) is 23.0. The number of rotatable bonds is 7. The number of hydrogen-bond acceptors (Lipinski definition) is 5. The predicted molar refractivity (Wildman–Crippen MR) is 124 cm³/mol. The van der Waals surface area contributed by atoms with Gasteiger partial charge in [0.2, 0.25) is 5.91 Å². The second kappa shape index (κ2) is 10.6. The molecule has 1 aliphatic rings. The molecule has 0 unspecified atom stereocenters. The molecule has 1 fully saturated rings. The van der Waals surface area contributed by atoms with Crippen LogP contribution in [-0.2, 0) is 4.79 Å². The molecule has 2 heterocycles. The van der Waals surface area contributed by atoms with E-state index in [0.29, 0.717) is 59.7 Å². The molecule has 0 spiro atoms. The Labute approximate surface area is 190 Å². The third-order valence-corrected chi connectivity index (χ3v) is 6.41. The quantitative estimate of drug-likeness (QED) is 0.622. The maximum Gasteiger partial charge on any atom is 0.264 e. The molecule has 2 N–H and O–H groups in total. The van der Waals surface area contributed by atoms with Crippen molar-refractivity contribution in [3.8, 4) is 0 Å². The Kier molecular flexibility index (Phi) is 7.84. The number of aryl methyl sites for hydroxylation is 1. The Hall–Kier alpha value is -2.68. The normalized spacial score (nSPS) is 14.2. The van der Waals surface area contributed by atoms with Gasteiger partial charge < -0.3 is 15.5 Å². The van der Waals surface area contributed by atoms with E-state index in [1.165, 1.54) is 11.3 Å². The van der Waals surface area contributed by atoms with Crippen LogP contribution >= 0.6 is 22.9 Å². The minimum atomic E-state index is -0.311. The number of nitrogens with one attached hydrogen (secondary N) is 2. The van der Waals surface area contributed by atoms with Gasteiger partial charge in [0, 0.05) is 32.7 Å². The fraction of sp³-hybridized carbons (Fsp3) is 0.318. The summed E-state index contributed by atoms with van der Waals surface area (Å²) in [6.07, 6.45) is 1.64. The molecule has 2 aromatic rings. The van der Waals surface area contributed by atoms with Crippen molar-refractivity contribution in [3.63, 3.8) is 0 Å². The molecule has 0 saturated carbocycles. The monoisotopic (exact) mass is 460 g/mol. The van der Waals surface area contributed by atoms with Gasteiger partial charge >= 0.3 is 0 Å². The lowest BCUT2D eigenvalue weighted by Gasteiger charge is -2.34. The molecule has 0 atom stereocenters. The second-order valence-corrected chi connectivity index (χ2v) is 8.68. The highest BCUT2D eigenvalue weighted by molar-refractivity contribution is 7.18. The first-order chi connectivity index (χ1) is 14.9. The Balaban J connectivity index is 1.57. The van der Waals surface area contributed by atoms with Crippen molar-refractivity contribution < 1.29 is 14.4 Å². The van der Waals surface area contributed by atoms with Crippen LogP contribution < -0.4 is 10.6 Å². The standard InChI is InChI=1S/C22H25ClN4O3S/c1-3-8-24-18(28)14-26-9-11-27(12-10-26)22(30)20-15(2)13-19(31-20)25-21(29)16-6-4-5-7-17(16)23/h3-7,13H,1,8-12,14H2,2H3,(H,24,28)(H,25,29). The third-order valence-electron chi connectivity index (χ3n) is 4.94. The number of amides is 3. The van der Waals surface area contributed by atoms with E-state index < -0.39 is 0 Å². The lowest BCUT2D eigenvalue weighted by molar-refractivity contribution is -0.122. The molecule has 31 heavy (non-hydrogen) atoms. The Morgan fingerprint density at radius 2 is 1.90 bits per heavy atom. The fourth-order valence-electron chi connectivity index (χ4n) is 3.28. The van der Waals surface area contributed by atoms with Gasteiger partial charge in [0.15, 0.2) is 0 Å². The first-order valence-electron chi connectivity index (χ1n) is 9.94. The zero-order valence-electron chi connectivity index (χ0n) is 17.3. The minimum absolute atomic E-state index is 0.0484. The average Bonchev–Trinajstić information content (AvgIpc) is 3.12. The molecule has 0 bridgehead atoms. The summed E-state index contributed by atoms with van der Waals surface area (Å²) >= 11 is 7.35. The van der Waals surface area contributed by atoms with Crippen LogP contribution in [0.4, 0.5) is 5.00 Å². The van der Waals surface area contributed by atoms with Crippen molar-refractivity contribution in [1.82, 2.24) is 15.1 Å². The zero-order valence-corrected chi connectivity index (χ0v) is 18.9. The average molecular weight is 461 g/mol. The summed E-state index contributed by atoms with van der Waals surface area (Å²) in [6.45, 7) is 8.56. The highest BCUT2D eigenvalue weighted by Crippen LogP contribution is 2.29. The van der Waals surface area contributed by atoms with Crippen LogP contribution in [0.25, 0.3) is 0 Å². The van der Waals surface area contributed by atoms with E-state index in [1.54, 1.807) is 41.3 Å². The van der Waals surface area contributed by atoms with Crippen LogP contribution in [0.1, 0.15) is 25.6 Å². The molecule has 1 aliphatic heterocycles. The summed E-state index contributed by atoms with van der Waals surface area (Å²) in [7, 11) is 0. The number of halogens is 1. The van der Waals surface area contributed by atoms with Gasteiger partial charge in [0.1, 0.15) is 0 Å². The topological polar surface area (TPSA) is 81.8 Å². The Bertz CT molecular complexity index is 983. The van der Waals surface area contributed by atoms with Gasteiger partial charge in [0.25, 0.3) is 11.8 Å². The Morgan fingerprint density at radius 1 is 1.19 bits per heavy atom. The maximum absolute atomic E-state index is 13.0. The highest BCUT2D eigenvalue weighted by atomic mass is 35.5. The van der Waals surface area contributed by atoms with E-state index in [0.717, 1.165) is 5.56 Å². The lowest BCUT2D eigenvalue weighted by atomic mass is 10.2. The number of anilines is 1. The smallest absolute Gasteiger partial charge is 0.264 e. The summed E-state index contributed by atoms with van der Waals surface area (Å²) in [5.74, 6) is -0.418. The number of thiophene rings is 1. The zero-order chi connectivity index (χ0) is 22.4. The number of nitrogens with zero attached hydrogens (tertiary/aromatic N) is 2. The summed E-state index contributed by atoms with van der Waals surface area (Å²) in [5, 5.41) is 6.56. The van der Waals surface area contributed by atoms with Crippen molar-refractivity contribution in [3.05, 3.63) is 64.0 Å². The molecule has 3 amide bonds. The van der Waals surface area contributed by atoms with E-state index in [-0.39, 0.29) is 17.7 Å². The van der Waals surface area contributed by atoms with Gasteiger partial charge in [-0.05, 0) is 30.7 Å². The van der Waals surface area contributed by atoms with Crippen molar-refractivity contribution >= 4 is 45.7 Å². The van der Waals surface area contributed by atoms with Gasteiger partial charge in [-0.1, -0.05) is 29.8 Å². The van der Waals surface area contributed by atoms with Crippen LogP contribution in [0.2, 0.25) is 5.02 Å². The third kappa shape index (κ3) is 5.94. The van der Waals surface area contributed by atoms with Gasteiger partial charge in [-0.25, -0.2) is 0 Å². The van der Waals surface area contributed by atoms with Crippen LogP contribution in [0, 0.1) is 6.92 Å². The van der Waals surface area contributed by atoms with E-state index in [9.17, 15) is 14.4 Å². The number of benzene rings is 1. The molecule has 9 heteroatoms. The molecule has 1 aromatic heterocycles. The van der Waals surface area contributed by atoms with E-state index >= 15 is 0 Å². The predicted octanol–water partition coefficient (Wildman–Crippen LogP) is 3.02. The minimum Gasteiger partial charge on any atom is -0.352 e. The van der Waals surface area contributed by atoms with Crippen molar-refractivity contribution in [1.29, 1.82) is 0 Å². The summed E-state index contributed by atoms with van der Waals surface area (Å²) in [4.78, 5) is 41.8. The van der Waals surface area contributed by atoms with Crippen LogP contribution in [0.5, 0.6) is 0 Å². The van der Waals surface area contributed by atoms with Crippen LogP contribution in [0.15, 0.2) is 43.0 Å². The van der Waals surface area contributed by atoms with Crippen LogP contribution in [-0.4, -0.2) is 66.8 Å². The van der Waals surface area contributed by atoms with Gasteiger partial charge in [-0.15, -0.1) is 17.9 Å². The molecule has 1 aromatic carbocycles. The van der Waals surface area contributed by atoms with Gasteiger partial charge in [0.05, 0.1) is 27.0 Å². The molecule has 3 rings (SSSR count). The lowest BCUT2D eigenvalue weighted by Crippen LogP contribution is -2.51. The SMILES string of the molecule is C=CCNC(=O)CN1CCN(C(=O)c2sc(NC(=O)c3ccccc3Cl)cc2C)CC1. The fourth-order valence-corrected chi connectivity index (χ4v) is 4.54. The molecule has 0 aliphatic carbocycles. The number of hydrogen-bond donors (Lipinski definition) is 2. The van der Waals surface area contributed by atoms with Crippen molar-refractivity contribution in [2.45, 2.75) is 6.92 Å². The van der Waals surface area contributed by atoms with Crippen molar-refractivity contribution in [2.75, 3.05) is 44.6 Å². The molecule has 164 valence electrons. The van der Waals surface area contributed by atoms with E-state index in [2.05, 4.69) is 17.2 Å². The second-order valence-electron chi connectivity index (χ2n) is 7.22. The van der Waals surface area contributed by atoms with Gasteiger partial charge in [-0.3, -0.25) is 19.3 Å². The summed E-state index contributed by atoms with van der Waals surface area (Å²) < 4.78 is 0. The molecule has 0 radical (unpaired) electrons. The number of carbonyl (C=O) groups excluding carboxylic acids is 3. The van der Waals surface area contributed by atoms with Gasteiger partial charge in [-0.2, -0.15) is 0 Å². The molecule has 1 saturated heterocycles. The first-order valence-corrected chi connectivity index (χ1v) is 11.1. The molecular formula is C22H25ClN4O3S.